The third-order valence-corrected chi connectivity index (χ3v) is 4.16. The molecule has 0 aromatic carbocycles. The zero-order chi connectivity index (χ0) is 13.5. The van der Waals surface area contributed by atoms with Crippen molar-refractivity contribution in [2.75, 3.05) is 32.8 Å². The van der Waals surface area contributed by atoms with Crippen LogP contribution in [0, 0.1) is 0 Å². The maximum absolute atomic E-state index is 5.92. The van der Waals surface area contributed by atoms with E-state index in [1.165, 1.54) is 25.8 Å². The third kappa shape index (κ3) is 5.73. The molecule has 6 heteroatoms. The fourth-order valence-corrected chi connectivity index (χ4v) is 2.97. The number of rotatable bonds is 5. The molecule has 2 aliphatic rings. The number of likely N-dealkylation sites (tertiary alicyclic amines) is 1. The molecule has 20 heavy (non-hydrogen) atoms. The predicted molar refractivity (Wildman–Crippen MR) is 93.8 cm³/mol. The molecule has 0 aliphatic carbocycles. The first-order chi connectivity index (χ1) is 9.29. The number of piperidine rings is 1. The van der Waals surface area contributed by atoms with E-state index in [9.17, 15) is 0 Å². The fraction of sp³-hybridized carbons (Fsp3) is 0.929. The van der Waals surface area contributed by atoms with E-state index in [0.717, 1.165) is 39.1 Å². The maximum atomic E-state index is 5.92. The van der Waals surface area contributed by atoms with Gasteiger partial charge in [0.1, 0.15) is 0 Å². The van der Waals surface area contributed by atoms with Crippen molar-refractivity contribution < 1.29 is 4.74 Å². The first-order valence-corrected chi connectivity index (χ1v) is 7.69. The van der Waals surface area contributed by atoms with Gasteiger partial charge in [0.25, 0.3) is 0 Å². The van der Waals surface area contributed by atoms with E-state index < -0.39 is 0 Å². The van der Waals surface area contributed by atoms with Gasteiger partial charge in [0.2, 0.25) is 0 Å². The molecule has 5 nitrogen and oxygen atoms in total. The number of nitrogens with zero attached hydrogens (tertiary/aromatic N) is 2. The van der Waals surface area contributed by atoms with Crippen LogP contribution >= 0.6 is 24.0 Å². The van der Waals surface area contributed by atoms with Crippen LogP contribution in [0.5, 0.6) is 0 Å². The second kappa shape index (κ2) is 9.78. The van der Waals surface area contributed by atoms with Gasteiger partial charge < -0.3 is 15.8 Å². The molecule has 2 unspecified atom stereocenters. The average Bonchev–Trinajstić information content (AvgIpc) is 2.96. The first kappa shape index (κ1) is 18.0. The molecule has 2 rings (SSSR count). The smallest absolute Gasteiger partial charge is 0.188 e. The number of hydrogen-bond donors (Lipinski definition) is 2. The topological polar surface area (TPSA) is 62.9 Å². The van der Waals surface area contributed by atoms with Gasteiger partial charge in [-0.25, -0.2) is 0 Å². The van der Waals surface area contributed by atoms with E-state index in [2.05, 4.69) is 22.1 Å². The Bertz CT molecular complexity index is 295. The minimum absolute atomic E-state index is 0. The Morgan fingerprint density at radius 2 is 2.20 bits per heavy atom. The van der Waals surface area contributed by atoms with Gasteiger partial charge in [0, 0.05) is 19.2 Å². The molecule has 3 N–H and O–H groups in total. The SMILES string of the molecule is CCN1CCCCC1CN=C(N)NCC1CCCO1.I. The van der Waals surface area contributed by atoms with Crippen LogP contribution < -0.4 is 11.1 Å². The van der Waals surface area contributed by atoms with Crippen molar-refractivity contribution in [2.24, 2.45) is 10.7 Å². The highest BCUT2D eigenvalue weighted by atomic mass is 127. The van der Waals surface area contributed by atoms with Crippen LogP contribution in [-0.4, -0.2) is 55.8 Å². The number of halogens is 1. The normalized spacial score (nSPS) is 28.1. The van der Waals surface area contributed by atoms with Crippen molar-refractivity contribution >= 4 is 29.9 Å². The molecule has 0 saturated carbocycles. The molecule has 2 atom stereocenters. The Labute approximate surface area is 139 Å². The summed E-state index contributed by atoms with van der Waals surface area (Å²) < 4.78 is 5.55. The van der Waals surface area contributed by atoms with Gasteiger partial charge in [-0.15, -0.1) is 24.0 Å². The van der Waals surface area contributed by atoms with E-state index in [4.69, 9.17) is 10.5 Å². The maximum Gasteiger partial charge on any atom is 0.188 e. The molecule has 0 spiro atoms. The fourth-order valence-electron chi connectivity index (χ4n) is 2.97. The molecule has 2 saturated heterocycles. The predicted octanol–water partition coefficient (Wildman–Crippen LogP) is 1.56. The largest absolute Gasteiger partial charge is 0.376 e. The number of hydrogen-bond acceptors (Lipinski definition) is 3. The van der Waals surface area contributed by atoms with Gasteiger partial charge in [0.15, 0.2) is 5.96 Å². The summed E-state index contributed by atoms with van der Waals surface area (Å²) in [6.07, 6.45) is 6.50. The van der Waals surface area contributed by atoms with Gasteiger partial charge in [-0.05, 0) is 38.8 Å². The average molecular weight is 396 g/mol. The lowest BCUT2D eigenvalue weighted by Gasteiger charge is -2.33. The van der Waals surface area contributed by atoms with Crippen molar-refractivity contribution in [3.63, 3.8) is 0 Å². The van der Waals surface area contributed by atoms with Crippen LogP contribution in [0.3, 0.4) is 0 Å². The zero-order valence-electron chi connectivity index (χ0n) is 12.5. The van der Waals surface area contributed by atoms with E-state index in [1.54, 1.807) is 0 Å². The number of nitrogens with two attached hydrogens (primary N) is 1. The molecule has 2 fully saturated rings. The summed E-state index contributed by atoms with van der Waals surface area (Å²) in [7, 11) is 0. The summed E-state index contributed by atoms with van der Waals surface area (Å²) in [5.41, 5.74) is 5.92. The molecular weight excluding hydrogens is 367 g/mol. The number of nitrogens with one attached hydrogen (secondary N) is 1. The first-order valence-electron chi connectivity index (χ1n) is 7.69. The Morgan fingerprint density at radius 1 is 1.35 bits per heavy atom. The monoisotopic (exact) mass is 396 g/mol. The van der Waals surface area contributed by atoms with Crippen LogP contribution in [0.4, 0.5) is 0 Å². The van der Waals surface area contributed by atoms with Gasteiger partial charge in [-0.2, -0.15) is 0 Å². The van der Waals surface area contributed by atoms with E-state index in [1.807, 2.05) is 0 Å². The highest BCUT2D eigenvalue weighted by Crippen LogP contribution is 2.16. The zero-order valence-corrected chi connectivity index (χ0v) is 14.8. The van der Waals surface area contributed by atoms with E-state index >= 15 is 0 Å². The Hall–Kier alpha value is -0.0800. The second-order valence-corrected chi connectivity index (χ2v) is 5.52. The van der Waals surface area contributed by atoms with Crippen LogP contribution in [0.1, 0.15) is 39.0 Å². The molecule has 118 valence electrons. The van der Waals surface area contributed by atoms with Crippen LogP contribution in [0.25, 0.3) is 0 Å². The quantitative estimate of drug-likeness (QED) is 0.421. The molecule has 0 aromatic rings. The highest BCUT2D eigenvalue weighted by molar-refractivity contribution is 14.0. The van der Waals surface area contributed by atoms with Gasteiger partial charge in [-0.1, -0.05) is 13.3 Å². The summed E-state index contributed by atoms with van der Waals surface area (Å²) in [5.74, 6) is 0.567. The summed E-state index contributed by atoms with van der Waals surface area (Å²) in [4.78, 5) is 7.01. The minimum atomic E-state index is 0. The number of aliphatic imine (C=N–C) groups is 1. The van der Waals surface area contributed by atoms with Gasteiger partial charge in [0.05, 0.1) is 12.6 Å². The lowest BCUT2D eigenvalue weighted by atomic mass is 10.0. The van der Waals surface area contributed by atoms with Crippen molar-refractivity contribution in [1.29, 1.82) is 0 Å². The number of ether oxygens (including phenoxy) is 1. The molecular formula is C14H29IN4O. The number of guanidine groups is 1. The molecule has 0 aromatic heterocycles. The molecule has 0 radical (unpaired) electrons. The summed E-state index contributed by atoms with van der Waals surface area (Å²) >= 11 is 0. The molecule has 2 aliphatic heterocycles. The van der Waals surface area contributed by atoms with E-state index in [0.29, 0.717) is 18.1 Å². The Balaban J connectivity index is 0.00000200. The Kier molecular flexibility index (Phi) is 8.79. The standard InChI is InChI=1S/C14H28N4O.HI/c1-2-18-8-4-3-6-12(18)10-16-14(15)17-11-13-7-5-9-19-13;/h12-13H,2-11H2,1H3,(H3,15,16,17);1H. The minimum Gasteiger partial charge on any atom is -0.376 e. The third-order valence-electron chi connectivity index (χ3n) is 4.16. The second-order valence-electron chi connectivity index (χ2n) is 5.52. The van der Waals surface area contributed by atoms with Crippen LogP contribution in [-0.2, 0) is 4.74 Å². The van der Waals surface area contributed by atoms with Crippen molar-refractivity contribution in [3.05, 3.63) is 0 Å². The lowest BCUT2D eigenvalue weighted by molar-refractivity contribution is 0.114. The summed E-state index contributed by atoms with van der Waals surface area (Å²) in [6.45, 7) is 7.04. The summed E-state index contributed by atoms with van der Waals surface area (Å²) in [6, 6.07) is 0.571. The lowest BCUT2D eigenvalue weighted by Crippen LogP contribution is -2.43. The highest BCUT2D eigenvalue weighted by Gasteiger charge is 2.20. The van der Waals surface area contributed by atoms with Gasteiger partial charge >= 0.3 is 0 Å². The van der Waals surface area contributed by atoms with Crippen molar-refractivity contribution in [3.8, 4) is 0 Å². The van der Waals surface area contributed by atoms with Crippen LogP contribution in [0.15, 0.2) is 4.99 Å². The number of likely N-dealkylation sites (N-methyl/N-ethyl adjacent to an activating group) is 1. The Morgan fingerprint density at radius 3 is 2.90 bits per heavy atom. The summed E-state index contributed by atoms with van der Waals surface area (Å²) in [5, 5.41) is 3.18. The molecule has 2 heterocycles. The molecule has 0 amide bonds. The van der Waals surface area contributed by atoms with Crippen molar-refractivity contribution in [1.82, 2.24) is 10.2 Å². The molecule has 0 bridgehead atoms. The van der Waals surface area contributed by atoms with Crippen molar-refractivity contribution in [2.45, 2.75) is 51.2 Å². The van der Waals surface area contributed by atoms with Gasteiger partial charge in [-0.3, -0.25) is 9.89 Å². The van der Waals surface area contributed by atoms with Crippen LogP contribution in [0.2, 0.25) is 0 Å². The van der Waals surface area contributed by atoms with E-state index in [-0.39, 0.29) is 24.0 Å².